The summed E-state index contributed by atoms with van der Waals surface area (Å²) in [5.74, 6) is -0.228. The van der Waals surface area contributed by atoms with Crippen LogP contribution < -0.4 is 5.32 Å². The minimum absolute atomic E-state index is 0.228. The minimum atomic E-state index is -0.228. The molecule has 0 aliphatic heterocycles. The SMILES string of the molecule is COCCn1cc(NC(=O)c2cnc3c(c2)c(C)nn3C)cn1. The molecule has 3 rings (SSSR count). The highest BCUT2D eigenvalue weighted by atomic mass is 16.5. The van der Waals surface area contributed by atoms with Crippen molar-refractivity contribution < 1.29 is 9.53 Å². The van der Waals surface area contributed by atoms with Gasteiger partial charge in [-0.15, -0.1) is 0 Å². The fourth-order valence-corrected chi connectivity index (χ4v) is 2.37. The van der Waals surface area contributed by atoms with Crippen LogP contribution in [0.1, 0.15) is 16.1 Å². The van der Waals surface area contributed by atoms with Crippen LogP contribution >= 0.6 is 0 Å². The number of pyridine rings is 1. The summed E-state index contributed by atoms with van der Waals surface area (Å²) in [5, 5.41) is 12.2. The molecule has 23 heavy (non-hydrogen) atoms. The van der Waals surface area contributed by atoms with E-state index in [1.807, 2.05) is 14.0 Å². The van der Waals surface area contributed by atoms with Gasteiger partial charge in [0.25, 0.3) is 5.91 Å². The van der Waals surface area contributed by atoms with Gasteiger partial charge in [0.2, 0.25) is 0 Å². The Hall–Kier alpha value is -2.74. The van der Waals surface area contributed by atoms with Crippen LogP contribution in [0.4, 0.5) is 5.69 Å². The Kier molecular flexibility index (Phi) is 4.07. The molecule has 3 heterocycles. The molecule has 8 heteroatoms. The van der Waals surface area contributed by atoms with E-state index < -0.39 is 0 Å². The Bertz CT molecular complexity index is 851. The first-order valence-corrected chi connectivity index (χ1v) is 7.20. The number of nitrogens with one attached hydrogen (secondary N) is 1. The molecule has 0 radical (unpaired) electrons. The number of rotatable bonds is 5. The number of hydrogen-bond donors (Lipinski definition) is 1. The molecule has 0 atom stereocenters. The molecule has 0 aliphatic rings. The first kappa shape index (κ1) is 15.2. The second-order valence-electron chi connectivity index (χ2n) is 5.24. The van der Waals surface area contributed by atoms with Gasteiger partial charge in [-0.1, -0.05) is 0 Å². The van der Waals surface area contributed by atoms with Crippen molar-refractivity contribution >= 4 is 22.6 Å². The molecule has 3 aromatic rings. The number of anilines is 1. The molecule has 0 unspecified atom stereocenters. The average molecular weight is 314 g/mol. The summed E-state index contributed by atoms with van der Waals surface area (Å²) >= 11 is 0. The summed E-state index contributed by atoms with van der Waals surface area (Å²) in [6.45, 7) is 3.09. The van der Waals surface area contributed by atoms with Crippen LogP contribution in [0.5, 0.6) is 0 Å². The number of ether oxygens (including phenoxy) is 1. The van der Waals surface area contributed by atoms with Crippen molar-refractivity contribution in [2.45, 2.75) is 13.5 Å². The number of nitrogens with zero attached hydrogens (tertiary/aromatic N) is 5. The zero-order valence-corrected chi connectivity index (χ0v) is 13.3. The van der Waals surface area contributed by atoms with Crippen molar-refractivity contribution in [3.63, 3.8) is 0 Å². The molecule has 0 aliphatic carbocycles. The maximum absolute atomic E-state index is 12.4. The lowest BCUT2D eigenvalue weighted by atomic mass is 10.2. The molecule has 1 amide bonds. The van der Waals surface area contributed by atoms with Gasteiger partial charge >= 0.3 is 0 Å². The Morgan fingerprint density at radius 3 is 3.00 bits per heavy atom. The van der Waals surface area contributed by atoms with E-state index in [1.165, 1.54) is 0 Å². The van der Waals surface area contributed by atoms with Gasteiger partial charge in [-0.2, -0.15) is 10.2 Å². The smallest absolute Gasteiger partial charge is 0.257 e. The molecular formula is C15H18N6O2. The van der Waals surface area contributed by atoms with Crippen LogP contribution in [-0.4, -0.2) is 44.2 Å². The van der Waals surface area contributed by atoms with Gasteiger partial charge in [-0.25, -0.2) is 4.98 Å². The number of fused-ring (bicyclic) bond motifs is 1. The minimum Gasteiger partial charge on any atom is -0.383 e. The van der Waals surface area contributed by atoms with E-state index in [9.17, 15) is 4.79 Å². The Morgan fingerprint density at radius 1 is 1.39 bits per heavy atom. The molecule has 0 spiro atoms. The van der Waals surface area contributed by atoms with Gasteiger partial charge in [0, 0.05) is 31.9 Å². The number of aromatic nitrogens is 5. The molecule has 0 fully saturated rings. The fourth-order valence-electron chi connectivity index (χ4n) is 2.37. The predicted molar refractivity (Wildman–Crippen MR) is 85.3 cm³/mol. The molecule has 1 N–H and O–H groups in total. The highest BCUT2D eigenvalue weighted by Crippen LogP contribution is 2.17. The molecule has 0 saturated heterocycles. The monoisotopic (exact) mass is 314 g/mol. The van der Waals surface area contributed by atoms with Gasteiger partial charge in [0.15, 0.2) is 5.65 Å². The standard InChI is InChI=1S/C15H18N6O2/c1-10-13-6-11(7-16-14(13)20(2)19-10)15(22)18-12-8-17-21(9-12)4-5-23-3/h6-9H,4-5H2,1-3H3,(H,18,22). The molecule has 120 valence electrons. The van der Waals surface area contributed by atoms with Gasteiger partial charge < -0.3 is 10.1 Å². The summed E-state index contributed by atoms with van der Waals surface area (Å²) in [6, 6.07) is 1.80. The zero-order chi connectivity index (χ0) is 16.4. The summed E-state index contributed by atoms with van der Waals surface area (Å²) in [5.41, 5.74) is 2.72. The number of hydrogen-bond acceptors (Lipinski definition) is 5. The van der Waals surface area contributed by atoms with Crippen LogP contribution in [-0.2, 0) is 18.3 Å². The summed E-state index contributed by atoms with van der Waals surface area (Å²) < 4.78 is 8.41. The topological polar surface area (TPSA) is 86.9 Å². The molecule has 0 saturated carbocycles. The Balaban J connectivity index is 1.77. The van der Waals surface area contributed by atoms with E-state index in [0.717, 1.165) is 16.7 Å². The van der Waals surface area contributed by atoms with Crippen molar-refractivity contribution in [1.29, 1.82) is 0 Å². The Morgan fingerprint density at radius 2 is 2.22 bits per heavy atom. The van der Waals surface area contributed by atoms with E-state index in [4.69, 9.17) is 4.74 Å². The van der Waals surface area contributed by atoms with Crippen LogP contribution in [0.15, 0.2) is 24.7 Å². The summed E-state index contributed by atoms with van der Waals surface area (Å²) in [7, 11) is 3.46. The number of amides is 1. The number of methoxy groups -OCH3 is 1. The first-order chi connectivity index (χ1) is 11.1. The van der Waals surface area contributed by atoms with Gasteiger partial charge in [-0.05, 0) is 13.0 Å². The van der Waals surface area contributed by atoms with E-state index in [-0.39, 0.29) is 5.91 Å². The van der Waals surface area contributed by atoms with Gasteiger partial charge in [0.05, 0.1) is 36.3 Å². The van der Waals surface area contributed by atoms with Gasteiger partial charge in [0.1, 0.15) is 0 Å². The number of carbonyl (C=O) groups is 1. The normalized spacial score (nSPS) is 11.1. The van der Waals surface area contributed by atoms with Crippen molar-refractivity contribution in [2.24, 2.45) is 7.05 Å². The highest BCUT2D eigenvalue weighted by Gasteiger charge is 2.12. The quantitative estimate of drug-likeness (QED) is 0.768. The average Bonchev–Trinajstić information content (AvgIpc) is 3.10. The number of carbonyl (C=O) groups excluding carboxylic acids is 1. The second-order valence-corrected chi connectivity index (χ2v) is 5.24. The molecule has 0 aromatic carbocycles. The predicted octanol–water partition coefficient (Wildman–Crippen LogP) is 1.37. The molecule has 3 aromatic heterocycles. The first-order valence-electron chi connectivity index (χ1n) is 7.20. The maximum Gasteiger partial charge on any atom is 0.257 e. The maximum atomic E-state index is 12.4. The summed E-state index contributed by atoms with van der Waals surface area (Å²) in [6.07, 6.45) is 4.92. The van der Waals surface area contributed by atoms with E-state index in [2.05, 4.69) is 20.5 Å². The largest absolute Gasteiger partial charge is 0.383 e. The van der Waals surface area contributed by atoms with Crippen molar-refractivity contribution in [2.75, 3.05) is 19.0 Å². The fraction of sp³-hybridized carbons (Fsp3) is 0.333. The number of aryl methyl sites for hydroxylation is 2. The van der Waals surface area contributed by atoms with Crippen molar-refractivity contribution in [3.05, 3.63) is 35.9 Å². The van der Waals surface area contributed by atoms with Crippen LogP contribution in [0.2, 0.25) is 0 Å². The molecule has 0 bridgehead atoms. The summed E-state index contributed by atoms with van der Waals surface area (Å²) in [4.78, 5) is 16.7. The Labute approximate surface area is 133 Å². The highest BCUT2D eigenvalue weighted by molar-refractivity contribution is 6.05. The van der Waals surface area contributed by atoms with Crippen LogP contribution in [0.25, 0.3) is 11.0 Å². The third kappa shape index (κ3) is 3.07. The lowest BCUT2D eigenvalue weighted by Gasteiger charge is -2.03. The second kappa shape index (κ2) is 6.17. The van der Waals surface area contributed by atoms with Crippen molar-refractivity contribution in [1.82, 2.24) is 24.5 Å². The van der Waals surface area contributed by atoms with Gasteiger partial charge in [-0.3, -0.25) is 14.2 Å². The zero-order valence-electron chi connectivity index (χ0n) is 13.3. The lowest BCUT2D eigenvalue weighted by molar-refractivity contribution is 0.102. The van der Waals surface area contributed by atoms with E-state index in [1.54, 1.807) is 41.1 Å². The van der Waals surface area contributed by atoms with E-state index in [0.29, 0.717) is 24.4 Å². The van der Waals surface area contributed by atoms with E-state index >= 15 is 0 Å². The van der Waals surface area contributed by atoms with Crippen LogP contribution in [0, 0.1) is 6.92 Å². The molecule has 8 nitrogen and oxygen atoms in total. The lowest BCUT2D eigenvalue weighted by Crippen LogP contribution is -2.12. The van der Waals surface area contributed by atoms with Crippen molar-refractivity contribution in [3.8, 4) is 0 Å². The molecular weight excluding hydrogens is 296 g/mol. The van der Waals surface area contributed by atoms with Crippen LogP contribution in [0.3, 0.4) is 0 Å². The third-order valence-electron chi connectivity index (χ3n) is 3.54. The third-order valence-corrected chi connectivity index (χ3v) is 3.54.